The molecule has 96 valence electrons. The Morgan fingerprint density at radius 1 is 1.44 bits per heavy atom. The van der Waals surface area contributed by atoms with Gasteiger partial charge in [0.1, 0.15) is 11.6 Å². The maximum absolute atomic E-state index is 13.8. The van der Waals surface area contributed by atoms with Gasteiger partial charge in [-0.1, -0.05) is 15.9 Å². The van der Waals surface area contributed by atoms with Crippen molar-refractivity contribution in [3.05, 3.63) is 34.1 Å². The first-order valence-corrected chi connectivity index (χ1v) is 6.48. The van der Waals surface area contributed by atoms with Crippen LogP contribution in [0.25, 0.3) is 0 Å². The van der Waals surface area contributed by atoms with Gasteiger partial charge in [0.2, 0.25) is 0 Å². The predicted molar refractivity (Wildman–Crippen MR) is 66.8 cm³/mol. The van der Waals surface area contributed by atoms with Gasteiger partial charge in [-0.2, -0.15) is 0 Å². The Hall–Kier alpha value is -1.23. The zero-order chi connectivity index (χ0) is 13.3. The van der Waals surface area contributed by atoms with E-state index in [2.05, 4.69) is 15.9 Å². The second-order valence-electron chi connectivity index (χ2n) is 4.50. The van der Waals surface area contributed by atoms with E-state index in [1.807, 2.05) is 0 Å². The van der Waals surface area contributed by atoms with Gasteiger partial charge in [0.05, 0.1) is 5.92 Å². The summed E-state index contributed by atoms with van der Waals surface area (Å²) in [6.07, 6.45) is 0.651. The lowest BCUT2D eigenvalue weighted by molar-refractivity contribution is -0.144. The van der Waals surface area contributed by atoms with Crippen molar-refractivity contribution in [3.63, 3.8) is 0 Å². The Kier molecular flexibility index (Phi) is 3.80. The molecule has 1 saturated carbocycles. The molecule has 1 aromatic rings. The number of rotatable bonds is 2. The van der Waals surface area contributed by atoms with Gasteiger partial charge < -0.3 is 5.11 Å². The molecular formula is C13H12BrFO3. The fraction of sp³-hybridized carbons (Fsp3) is 0.385. The molecule has 2 unspecified atom stereocenters. The van der Waals surface area contributed by atoms with Crippen LogP contribution in [0.4, 0.5) is 4.39 Å². The van der Waals surface area contributed by atoms with E-state index in [0.717, 1.165) is 0 Å². The van der Waals surface area contributed by atoms with Crippen LogP contribution in [0.1, 0.15) is 30.7 Å². The molecule has 18 heavy (non-hydrogen) atoms. The predicted octanol–water partition coefficient (Wildman–Crippen LogP) is 3.13. The molecule has 2 atom stereocenters. The average Bonchev–Trinajstić information content (AvgIpc) is 2.31. The Bertz CT molecular complexity index is 501. The van der Waals surface area contributed by atoms with Gasteiger partial charge in [0.15, 0.2) is 0 Å². The summed E-state index contributed by atoms with van der Waals surface area (Å²) in [7, 11) is 0. The zero-order valence-electron chi connectivity index (χ0n) is 9.53. The minimum atomic E-state index is -0.966. The van der Waals surface area contributed by atoms with Crippen LogP contribution < -0.4 is 0 Å². The van der Waals surface area contributed by atoms with Crippen LogP contribution in [-0.4, -0.2) is 16.9 Å². The summed E-state index contributed by atoms with van der Waals surface area (Å²) in [6.45, 7) is 0. The number of ketones is 1. The number of halogens is 2. The van der Waals surface area contributed by atoms with Gasteiger partial charge in [0, 0.05) is 23.2 Å². The van der Waals surface area contributed by atoms with Crippen LogP contribution in [0.2, 0.25) is 0 Å². The first kappa shape index (κ1) is 13.2. The normalized spacial score (nSPS) is 24.0. The molecule has 1 aromatic carbocycles. The highest BCUT2D eigenvalue weighted by Gasteiger charge is 2.36. The summed E-state index contributed by atoms with van der Waals surface area (Å²) < 4.78 is 14.5. The van der Waals surface area contributed by atoms with Crippen molar-refractivity contribution in [3.8, 4) is 0 Å². The van der Waals surface area contributed by atoms with Crippen LogP contribution in [0.15, 0.2) is 22.7 Å². The fourth-order valence-corrected chi connectivity index (χ4v) is 2.81. The third kappa shape index (κ3) is 2.61. The molecule has 0 radical (unpaired) electrons. The van der Waals surface area contributed by atoms with E-state index in [9.17, 15) is 19.1 Å². The van der Waals surface area contributed by atoms with Gasteiger partial charge in [-0.25, -0.2) is 4.39 Å². The van der Waals surface area contributed by atoms with Crippen molar-refractivity contribution in [2.75, 3.05) is 0 Å². The molecule has 2 rings (SSSR count). The monoisotopic (exact) mass is 314 g/mol. The van der Waals surface area contributed by atoms with E-state index in [-0.39, 0.29) is 25.0 Å². The largest absolute Gasteiger partial charge is 0.481 e. The highest BCUT2D eigenvalue weighted by Crippen LogP contribution is 2.38. The van der Waals surface area contributed by atoms with E-state index in [0.29, 0.717) is 10.0 Å². The van der Waals surface area contributed by atoms with Crippen LogP contribution in [0.3, 0.4) is 0 Å². The van der Waals surface area contributed by atoms with Gasteiger partial charge >= 0.3 is 5.97 Å². The number of carboxylic acid groups (broad SMARTS) is 1. The van der Waals surface area contributed by atoms with Crippen molar-refractivity contribution >= 4 is 27.7 Å². The number of carboxylic acids is 1. The summed E-state index contributed by atoms with van der Waals surface area (Å²) in [5.74, 6) is -2.68. The summed E-state index contributed by atoms with van der Waals surface area (Å²) in [6, 6.07) is 4.41. The molecular weight excluding hydrogens is 303 g/mol. The second kappa shape index (κ2) is 5.18. The maximum Gasteiger partial charge on any atom is 0.307 e. The first-order valence-electron chi connectivity index (χ1n) is 5.68. The Balaban J connectivity index is 2.40. The standard InChI is InChI=1S/C13H12BrFO3/c14-7-1-4-12(15)11(5-7)10-6-8(16)2-3-9(10)13(17)18/h1,4-5,9-10H,2-3,6H2,(H,17,18). The third-order valence-electron chi connectivity index (χ3n) is 3.34. The quantitative estimate of drug-likeness (QED) is 0.912. The fourth-order valence-electron chi connectivity index (χ4n) is 2.43. The SMILES string of the molecule is O=C1CCC(C(=O)O)C(c2cc(Br)ccc2F)C1. The smallest absolute Gasteiger partial charge is 0.307 e. The molecule has 1 fully saturated rings. The van der Waals surface area contributed by atoms with E-state index in [1.54, 1.807) is 12.1 Å². The Morgan fingerprint density at radius 2 is 2.17 bits per heavy atom. The van der Waals surface area contributed by atoms with Crippen molar-refractivity contribution in [1.29, 1.82) is 0 Å². The highest BCUT2D eigenvalue weighted by atomic mass is 79.9. The van der Waals surface area contributed by atoms with Crippen LogP contribution in [-0.2, 0) is 9.59 Å². The molecule has 0 aromatic heterocycles. The van der Waals surface area contributed by atoms with Crippen molar-refractivity contribution < 1.29 is 19.1 Å². The molecule has 0 bridgehead atoms. The van der Waals surface area contributed by atoms with Crippen LogP contribution >= 0.6 is 15.9 Å². The number of hydrogen-bond acceptors (Lipinski definition) is 2. The average molecular weight is 315 g/mol. The second-order valence-corrected chi connectivity index (χ2v) is 5.41. The topological polar surface area (TPSA) is 54.4 Å². The lowest BCUT2D eigenvalue weighted by Gasteiger charge is -2.28. The van der Waals surface area contributed by atoms with Crippen molar-refractivity contribution in [2.45, 2.75) is 25.2 Å². The number of carbonyl (C=O) groups is 2. The summed E-state index contributed by atoms with van der Waals surface area (Å²) in [4.78, 5) is 22.7. The maximum atomic E-state index is 13.8. The zero-order valence-corrected chi connectivity index (χ0v) is 11.1. The lowest BCUT2D eigenvalue weighted by Crippen LogP contribution is -2.29. The Morgan fingerprint density at radius 3 is 2.83 bits per heavy atom. The minimum absolute atomic E-state index is 0.00289. The highest BCUT2D eigenvalue weighted by molar-refractivity contribution is 9.10. The number of aliphatic carboxylic acids is 1. The molecule has 1 aliphatic carbocycles. The van der Waals surface area contributed by atoms with Gasteiger partial charge in [-0.05, 0) is 30.2 Å². The van der Waals surface area contributed by atoms with Crippen molar-refractivity contribution in [1.82, 2.24) is 0 Å². The van der Waals surface area contributed by atoms with Gasteiger partial charge in [-0.3, -0.25) is 9.59 Å². The van der Waals surface area contributed by atoms with E-state index >= 15 is 0 Å². The molecule has 1 aliphatic rings. The number of benzene rings is 1. The minimum Gasteiger partial charge on any atom is -0.481 e. The molecule has 3 nitrogen and oxygen atoms in total. The van der Waals surface area contributed by atoms with E-state index in [1.165, 1.54) is 6.07 Å². The van der Waals surface area contributed by atoms with Crippen LogP contribution in [0.5, 0.6) is 0 Å². The molecule has 0 saturated heterocycles. The number of carbonyl (C=O) groups excluding carboxylic acids is 1. The van der Waals surface area contributed by atoms with Crippen LogP contribution in [0, 0.1) is 11.7 Å². The summed E-state index contributed by atoms with van der Waals surface area (Å²) >= 11 is 3.24. The lowest BCUT2D eigenvalue weighted by atomic mass is 9.75. The molecule has 0 spiro atoms. The summed E-state index contributed by atoms with van der Waals surface area (Å²) in [5, 5.41) is 9.17. The van der Waals surface area contributed by atoms with E-state index < -0.39 is 23.6 Å². The summed E-state index contributed by atoms with van der Waals surface area (Å²) in [5.41, 5.74) is 0.310. The van der Waals surface area contributed by atoms with Gasteiger partial charge in [-0.15, -0.1) is 0 Å². The van der Waals surface area contributed by atoms with E-state index in [4.69, 9.17) is 0 Å². The first-order chi connectivity index (χ1) is 8.49. The molecule has 1 N–H and O–H groups in total. The van der Waals surface area contributed by atoms with Gasteiger partial charge in [0.25, 0.3) is 0 Å². The van der Waals surface area contributed by atoms with Crippen molar-refractivity contribution in [2.24, 2.45) is 5.92 Å². The number of hydrogen-bond donors (Lipinski definition) is 1. The third-order valence-corrected chi connectivity index (χ3v) is 3.84. The molecule has 5 heteroatoms. The molecule has 0 aliphatic heterocycles. The molecule has 0 heterocycles. The number of Topliss-reactive ketones (excluding diaryl/α,β-unsaturated/α-hetero) is 1. The Labute approximate surface area is 112 Å². The molecule has 0 amide bonds.